The zero-order valence-corrected chi connectivity index (χ0v) is 39.8. The predicted molar refractivity (Wildman–Crippen MR) is 232 cm³/mol. The minimum atomic E-state index is -1.80. The number of esters is 1. The average molecular weight is 959 g/mol. The van der Waals surface area contributed by atoms with E-state index in [9.17, 15) is 66.1 Å². The highest BCUT2D eigenvalue weighted by Gasteiger charge is 2.72. The van der Waals surface area contributed by atoms with E-state index in [4.69, 9.17) is 28.4 Å². The summed E-state index contributed by atoms with van der Waals surface area (Å²) < 4.78 is 36.0. The van der Waals surface area contributed by atoms with E-state index in [1.54, 1.807) is 0 Å². The standard InChI is InChI=1S/C48H78O19/c1-43(2)14-15-48(42(61)67-40-37(60)34(57)31(54)24(19-50)63-40)22(16-43)21-8-9-27-45(5)12-11-29(44(3,4)26(45)10-13-46(27,6)47(21,7)17-28(48)52)65-41-38(35(58)32(55)25(20-51)64-41)66-39-36(59)33(56)30(53)23(18-49)62-39/h8,22-41,49-60H,9-20H2,1-7H3/t22-,23-,24-,25-,26-,27+,28-,29-,30-,31-,32-,33+,34+,35+,36-,37-,38-,39+,40+,41+,45+,46-,47-,48-/m1/s1. The van der Waals surface area contributed by atoms with Crippen LogP contribution in [0.5, 0.6) is 0 Å². The van der Waals surface area contributed by atoms with Crippen molar-refractivity contribution in [2.75, 3.05) is 19.8 Å². The number of fused-ring (bicyclic) bond motifs is 7. The summed E-state index contributed by atoms with van der Waals surface area (Å²) in [4.78, 5) is 14.7. The van der Waals surface area contributed by atoms with Gasteiger partial charge < -0.3 is 89.7 Å². The number of aliphatic hydroxyl groups is 12. The zero-order chi connectivity index (χ0) is 49.1. The molecule has 4 saturated carbocycles. The van der Waals surface area contributed by atoms with Crippen LogP contribution >= 0.6 is 0 Å². The second-order valence-corrected chi connectivity index (χ2v) is 23.6. The first-order valence-corrected chi connectivity index (χ1v) is 24.4. The fourth-order valence-corrected chi connectivity index (χ4v) is 15.1. The molecule has 3 heterocycles. The van der Waals surface area contributed by atoms with Crippen LogP contribution in [0.3, 0.4) is 0 Å². The van der Waals surface area contributed by atoms with Crippen molar-refractivity contribution in [3.05, 3.63) is 11.6 Å². The summed E-state index contributed by atoms with van der Waals surface area (Å²) in [5.74, 6) is -0.945. The van der Waals surface area contributed by atoms with Gasteiger partial charge in [0.2, 0.25) is 6.29 Å². The number of carbonyl (C=O) groups excluding carboxylic acids is 1. The second-order valence-electron chi connectivity index (χ2n) is 23.6. The molecule has 0 aromatic rings. The van der Waals surface area contributed by atoms with Gasteiger partial charge in [0, 0.05) is 0 Å². The Morgan fingerprint density at radius 2 is 1.16 bits per heavy atom. The summed E-state index contributed by atoms with van der Waals surface area (Å²) in [6, 6.07) is 0. The van der Waals surface area contributed by atoms with Crippen molar-refractivity contribution >= 4 is 5.97 Å². The first kappa shape index (κ1) is 51.9. The van der Waals surface area contributed by atoms with Crippen LogP contribution in [0.15, 0.2) is 11.6 Å². The van der Waals surface area contributed by atoms with E-state index in [0.29, 0.717) is 32.1 Å². The summed E-state index contributed by atoms with van der Waals surface area (Å²) in [5, 5.41) is 128. The molecule has 0 amide bonds. The number of hydrogen-bond donors (Lipinski definition) is 12. The molecule has 0 aromatic heterocycles. The van der Waals surface area contributed by atoms with Crippen LogP contribution in [0.25, 0.3) is 0 Å². The number of ether oxygens (including phenoxy) is 6. The van der Waals surface area contributed by atoms with Gasteiger partial charge in [-0.1, -0.05) is 60.1 Å². The minimum absolute atomic E-state index is 0.0858. The van der Waals surface area contributed by atoms with Crippen LogP contribution in [0.4, 0.5) is 0 Å². The lowest BCUT2D eigenvalue weighted by atomic mass is 9.33. The Kier molecular flexibility index (Phi) is 14.1. The van der Waals surface area contributed by atoms with Gasteiger partial charge in [-0.05, 0) is 103 Å². The molecule has 0 spiro atoms. The molecule has 3 aliphatic heterocycles. The van der Waals surface area contributed by atoms with Crippen molar-refractivity contribution in [2.45, 2.75) is 211 Å². The Morgan fingerprint density at radius 1 is 0.612 bits per heavy atom. The van der Waals surface area contributed by atoms with Gasteiger partial charge in [-0.25, -0.2) is 0 Å². The molecule has 67 heavy (non-hydrogen) atoms. The fourth-order valence-electron chi connectivity index (χ4n) is 15.1. The Balaban J connectivity index is 1.06. The molecule has 19 heteroatoms. The molecule has 0 unspecified atom stereocenters. The SMILES string of the molecule is CC1(C)CC[C@]2(C(=O)O[C@@H]3O[C@H](CO)[C@@H](O)[C@H](O)[C@H]3O)[C@H](O)C[C@]3(C)C(=CC[C@H]4[C@@]5(C)CC[C@@H](O[C@@H]6O[C@H](CO)[C@@H](O)[C@H](O)[C@H]6O[C@@H]6O[C@H](CO)[C@@H](O)[C@H](O)[C@H]6O)C(C)(C)[C@H]5CC[C@]43C)[C@H]2C1. The largest absolute Gasteiger partial charge is 0.432 e. The third-order valence-electron chi connectivity index (χ3n) is 19.3. The van der Waals surface area contributed by atoms with Crippen molar-refractivity contribution in [1.29, 1.82) is 0 Å². The number of hydrogen-bond acceptors (Lipinski definition) is 19. The molecule has 384 valence electrons. The highest BCUT2D eigenvalue weighted by atomic mass is 16.8. The first-order valence-electron chi connectivity index (χ1n) is 24.4. The number of allylic oxidation sites excluding steroid dienone is 2. The summed E-state index contributed by atoms with van der Waals surface area (Å²) in [6.45, 7) is 13.5. The molecule has 0 bridgehead atoms. The normalized spacial score (nSPS) is 53.8. The van der Waals surface area contributed by atoms with Crippen LogP contribution < -0.4 is 0 Å². The van der Waals surface area contributed by atoms with Crippen LogP contribution in [0.2, 0.25) is 0 Å². The quantitative estimate of drug-likeness (QED) is 0.0758. The van der Waals surface area contributed by atoms with Gasteiger partial charge in [-0.15, -0.1) is 0 Å². The molecule has 8 rings (SSSR count). The summed E-state index contributed by atoms with van der Waals surface area (Å²) in [7, 11) is 0. The minimum Gasteiger partial charge on any atom is -0.432 e. The monoisotopic (exact) mass is 959 g/mol. The van der Waals surface area contributed by atoms with Crippen LogP contribution in [-0.4, -0.2) is 191 Å². The highest BCUT2D eigenvalue weighted by Crippen LogP contribution is 2.76. The van der Waals surface area contributed by atoms with Gasteiger partial charge in [-0.2, -0.15) is 0 Å². The zero-order valence-electron chi connectivity index (χ0n) is 39.8. The van der Waals surface area contributed by atoms with Crippen LogP contribution in [-0.2, 0) is 33.2 Å². The lowest BCUT2D eigenvalue weighted by Gasteiger charge is -2.71. The van der Waals surface area contributed by atoms with Gasteiger partial charge in [0.05, 0.1) is 32.0 Å². The van der Waals surface area contributed by atoms with Crippen LogP contribution in [0, 0.1) is 50.2 Å². The highest BCUT2D eigenvalue weighted by molar-refractivity contribution is 5.80. The maximum atomic E-state index is 14.7. The molecule has 12 N–H and O–H groups in total. The van der Waals surface area contributed by atoms with Gasteiger partial charge in [-0.3, -0.25) is 4.79 Å². The first-order chi connectivity index (χ1) is 31.3. The Hall–Kier alpha value is -1.47. The Morgan fingerprint density at radius 3 is 1.76 bits per heavy atom. The molecular formula is C48H78O19. The molecule has 7 fully saturated rings. The number of carbonyl (C=O) groups is 1. The van der Waals surface area contributed by atoms with Crippen molar-refractivity contribution in [3.63, 3.8) is 0 Å². The maximum Gasteiger partial charge on any atom is 0.317 e. The Bertz CT molecular complexity index is 1830. The van der Waals surface area contributed by atoms with Crippen molar-refractivity contribution in [1.82, 2.24) is 0 Å². The average Bonchev–Trinajstić information content (AvgIpc) is 3.27. The lowest BCUT2D eigenvalue weighted by molar-refractivity contribution is -0.378. The van der Waals surface area contributed by atoms with Gasteiger partial charge in [0.1, 0.15) is 78.7 Å². The summed E-state index contributed by atoms with van der Waals surface area (Å²) >= 11 is 0. The van der Waals surface area contributed by atoms with Gasteiger partial charge in [0.25, 0.3) is 0 Å². The maximum absolute atomic E-state index is 14.7. The molecule has 3 saturated heterocycles. The van der Waals surface area contributed by atoms with E-state index in [0.717, 1.165) is 24.8 Å². The summed E-state index contributed by atoms with van der Waals surface area (Å²) in [6.07, 6.45) is -17.7. The molecule has 0 radical (unpaired) electrons. The van der Waals surface area contributed by atoms with Crippen molar-refractivity contribution in [3.8, 4) is 0 Å². The van der Waals surface area contributed by atoms with E-state index in [1.165, 1.54) is 0 Å². The van der Waals surface area contributed by atoms with E-state index >= 15 is 0 Å². The molecule has 5 aliphatic carbocycles. The second kappa shape index (κ2) is 18.2. The number of aliphatic hydroxyl groups excluding tert-OH is 12. The smallest absolute Gasteiger partial charge is 0.317 e. The molecule has 8 aliphatic rings. The van der Waals surface area contributed by atoms with Gasteiger partial charge >= 0.3 is 5.97 Å². The topological polar surface area (TPSA) is 315 Å². The van der Waals surface area contributed by atoms with Gasteiger partial charge in [0.15, 0.2) is 12.6 Å². The Labute approximate surface area is 392 Å². The predicted octanol–water partition coefficient (Wildman–Crippen LogP) is -0.889. The fraction of sp³-hybridized carbons (Fsp3) is 0.938. The summed E-state index contributed by atoms with van der Waals surface area (Å²) in [5.41, 5.74) is -2.13. The molecule has 24 atom stereocenters. The van der Waals surface area contributed by atoms with Crippen molar-refractivity contribution < 1.29 is 94.5 Å². The molecule has 0 aromatic carbocycles. The third kappa shape index (κ3) is 8.01. The van der Waals surface area contributed by atoms with E-state index in [1.807, 2.05) is 0 Å². The third-order valence-corrected chi connectivity index (χ3v) is 19.3. The number of rotatable bonds is 9. The molecule has 19 nitrogen and oxygen atoms in total. The van der Waals surface area contributed by atoms with E-state index in [-0.39, 0.29) is 34.5 Å². The van der Waals surface area contributed by atoms with Crippen LogP contribution in [0.1, 0.15) is 106 Å². The lowest BCUT2D eigenvalue weighted by Crippen LogP contribution is -2.68. The van der Waals surface area contributed by atoms with Crippen molar-refractivity contribution in [2.24, 2.45) is 50.2 Å². The van der Waals surface area contributed by atoms with E-state index in [2.05, 4.69) is 54.5 Å². The van der Waals surface area contributed by atoms with E-state index < -0.39 is 152 Å². The molecular weight excluding hydrogens is 881 g/mol.